The van der Waals surface area contributed by atoms with Crippen LogP contribution in [0.25, 0.3) is 103 Å². The molecule has 0 unspecified atom stereocenters. The Kier molecular flexibility index (Phi) is 6.83. The number of hydrogen-bond acceptors (Lipinski definition) is 0. The normalized spacial score (nSPS) is 11.6. The summed E-state index contributed by atoms with van der Waals surface area (Å²) in [5.74, 6) is 0. The zero-order chi connectivity index (χ0) is 37.5. The van der Waals surface area contributed by atoms with Gasteiger partial charge in [-0.2, -0.15) is 0 Å². The van der Waals surface area contributed by atoms with Crippen LogP contribution in [0.4, 0.5) is 11.4 Å². The lowest BCUT2D eigenvalue weighted by atomic mass is 10.00. The first-order valence-corrected chi connectivity index (χ1v) is 18.7. The lowest BCUT2D eigenvalue weighted by Crippen LogP contribution is -1.98. The molecule has 0 saturated heterocycles. The largest absolute Gasteiger partial charge is 0.310 e. The van der Waals surface area contributed by atoms with Gasteiger partial charge in [0.15, 0.2) is 11.4 Å². The molecule has 0 saturated carbocycles. The van der Waals surface area contributed by atoms with E-state index in [0.717, 1.165) is 72.0 Å². The number of hydrogen-bond donors (Lipinski definition) is 0. The number of fused-ring (bicyclic) bond motifs is 9. The van der Waals surface area contributed by atoms with Crippen LogP contribution in [0.3, 0.4) is 0 Å². The van der Waals surface area contributed by atoms with Gasteiger partial charge in [0, 0.05) is 43.8 Å². The van der Waals surface area contributed by atoms with Crippen LogP contribution >= 0.6 is 0 Å². The fraction of sp³-hybridized carbons (Fsp3) is 0.0196. The zero-order valence-electron chi connectivity index (χ0n) is 30.4. The molecule has 5 heteroatoms. The molecule has 0 N–H and O–H groups in total. The van der Waals surface area contributed by atoms with Crippen LogP contribution in [0.1, 0.15) is 5.56 Å². The van der Waals surface area contributed by atoms with Gasteiger partial charge in [0.1, 0.15) is 0 Å². The van der Waals surface area contributed by atoms with Crippen molar-refractivity contribution in [2.75, 3.05) is 0 Å². The number of nitrogens with zero attached hydrogens (tertiary/aromatic N) is 5. The SMILES string of the molecule is [C-]#[N+]c1cc(-n2c3ccccc3c3c(-n4c5ccccc5c5ccccc54)cccc32)ccc1-c1ccc(-n2c3ccccc3c3c([N+]#[C-])cccc32)c(C)c1. The van der Waals surface area contributed by atoms with Crippen molar-refractivity contribution < 1.29 is 0 Å². The molecule has 0 aliphatic heterocycles. The van der Waals surface area contributed by atoms with Crippen molar-refractivity contribution in [3.63, 3.8) is 0 Å². The average Bonchev–Trinajstić information content (AvgIpc) is 3.89. The van der Waals surface area contributed by atoms with Crippen molar-refractivity contribution in [2.45, 2.75) is 6.92 Å². The van der Waals surface area contributed by atoms with Crippen LogP contribution in [0, 0.1) is 20.1 Å². The molecule has 0 amide bonds. The fourth-order valence-corrected chi connectivity index (χ4v) is 9.07. The van der Waals surface area contributed by atoms with Gasteiger partial charge >= 0.3 is 0 Å². The van der Waals surface area contributed by atoms with Crippen molar-refractivity contribution in [1.82, 2.24) is 13.7 Å². The quantitative estimate of drug-likeness (QED) is 0.162. The Labute approximate surface area is 322 Å². The van der Waals surface area contributed by atoms with Gasteiger partial charge in [-0.25, -0.2) is 9.69 Å². The van der Waals surface area contributed by atoms with Crippen molar-refractivity contribution in [1.29, 1.82) is 0 Å². The molecule has 0 bridgehead atoms. The van der Waals surface area contributed by atoms with E-state index in [2.05, 4.69) is 170 Å². The summed E-state index contributed by atoms with van der Waals surface area (Å²) in [7, 11) is 0. The lowest BCUT2D eigenvalue weighted by molar-refractivity contribution is 1.15. The summed E-state index contributed by atoms with van der Waals surface area (Å²) in [6, 6.07) is 59.3. The maximum Gasteiger partial charge on any atom is 0.197 e. The molecule has 0 aliphatic rings. The molecule has 0 radical (unpaired) electrons. The van der Waals surface area contributed by atoms with E-state index >= 15 is 0 Å². The smallest absolute Gasteiger partial charge is 0.197 e. The van der Waals surface area contributed by atoms with Gasteiger partial charge in [-0.3, -0.25) is 0 Å². The Morgan fingerprint density at radius 2 is 0.911 bits per heavy atom. The summed E-state index contributed by atoms with van der Waals surface area (Å²) >= 11 is 0. The first-order chi connectivity index (χ1) is 27.6. The standard InChI is InChI=1S/C51H31N5/c1-32-30-33(26-29-42(32)55-46-22-11-6-16-38(46)50-40(52-2)18-12-23-47(50)55)35-28-27-34(31-41(35)53-3)54-45-21-10-7-17-39(45)51-48(54)24-13-25-49(51)56-43-19-8-4-14-36(43)37-15-5-9-20-44(37)56/h4-31H,1H3. The van der Waals surface area contributed by atoms with Crippen molar-refractivity contribution in [3.8, 4) is 28.2 Å². The first kappa shape index (κ1) is 31.6. The van der Waals surface area contributed by atoms with Gasteiger partial charge in [-0.1, -0.05) is 109 Å². The molecule has 3 heterocycles. The third kappa shape index (κ3) is 4.40. The molecule has 5 nitrogen and oxygen atoms in total. The van der Waals surface area contributed by atoms with E-state index in [1.807, 2.05) is 30.3 Å². The Morgan fingerprint density at radius 1 is 0.393 bits per heavy atom. The minimum atomic E-state index is 0.595. The van der Waals surface area contributed by atoms with E-state index in [1.54, 1.807) is 0 Å². The van der Waals surface area contributed by atoms with Gasteiger partial charge in [-0.05, 0) is 89.7 Å². The molecule has 3 aromatic heterocycles. The number of aromatic nitrogens is 3. The number of para-hydroxylation sites is 4. The number of rotatable bonds is 4. The molecular weight excluding hydrogens is 683 g/mol. The van der Waals surface area contributed by atoms with Gasteiger partial charge in [0.05, 0.1) is 46.4 Å². The highest BCUT2D eigenvalue weighted by Gasteiger charge is 2.21. The summed E-state index contributed by atoms with van der Waals surface area (Å²) < 4.78 is 6.95. The van der Waals surface area contributed by atoms with Crippen molar-refractivity contribution >= 4 is 76.8 Å². The van der Waals surface area contributed by atoms with E-state index in [-0.39, 0.29) is 0 Å². The highest BCUT2D eigenvalue weighted by Crippen LogP contribution is 2.43. The van der Waals surface area contributed by atoms with Crippen LogP contribution in [-0.2, 0) is 0 Å². The minimum Gasteiger partial charge on any atom is -0.310 e. The molecule has 260 valence electrons. The van der Waals surface area contributed by atoms with Crippen molar-refractivity contribution in [2.24, 2.45) is 0 Å². The molecule has 0 aliphatic carbocycles. The average molecular weight is 714 g/mol. The van der Waals surface area contributed by atoms with Crippen LogP contribution in [0.15, 0.2) is 170 Å². The molecule has 11 aromatic rings. The summed E-state index contributed by atoms with van der Waals surface area (Å²) in [6.45, 7) is 18.3. The molecule has 11 rings (SSSR count). The topological polar surface area (TPSA) is 23.5 Å². The van der Waals surface area contributed by atoms with Crippen LogP contribution in [-0.4, -0.2) is 13.7 Å². The maximum atomic E-state index is 8.38. The number of benzene rings is 8. The highest BCUT2D eigenvalue weighted by atomic mass is 15.0. The molecule has 0 atom stereocenters. The van der Waals surface area contributed by atoms with Crippen LogP contribution < -0.4 is 0 Å². The molecule has 0 fully saturated rings. The third-order valence-electron chi connectivity index (χ3n) is 11.4. The van der Waals surface area contributed by atoms with Gasteiger partial charge in [0.25, 0.3) is 0 Å². The first-order valence-electron chi connectivity index (χ1n) is 18.7. The van der Waals surface area contributed by atoms with Gasteiger partial charge < -0.3 is 13.7 Å². The molecule has 0 spiro atoms. The lowest BCUT2D eigenvalue weighted by Gasteiger charge is -2.15. The second kappa shape index (κ2) is 12.1. The number of aryl methyl sites for hydroxylation is 1. The minimum absolute atomic E-state index is 0.595. The monoisotopic (exact) mass is 713 g/mol. The zero-order valence-corrected chi connectivity index (χ0v) is 30.4. The summed E-state index contributed by atoms with van der Waals surface area (Å²) in [4.78, 5) is 7.96. The van der Waals surface area contributed by atoms with Crippen LogP contribution in [0.2, 0.25) is 0 Å². The summed E-state index contributed by atoms with van der Waals surface area (Å²) in [5, 5.41) is 6.83. The highest BCUT2D eigenvalue weighted by molar-refractivity contribution is 6.17. The van der Waals surface area contributed by atoms with Crippen molar-refractivity contribution in [3.05, 3.63) is 198 Å². The Morgan fingerprint density at radius 3 is 1.55 bits per heavy atom. The second-order valence-corrected chi connectivity index (χ2v) is 14.3. The molecular formula is C51H31N5. The second-order valence-electron chi connectivity index (χ2n) is 14.3. The van der Waals surface area contributed by atoms with Gasteiger partial charge in [0.2, 0.25) is 0 Å². The predicted molar refractivity (Wildman–Crippen MR) is 232 cm³/mol. The molecule has 8 aromatic carbocycles. The Bertz CT molecular complexity index is 3470. The van der Waals surface area contributed by atoms with E-state index in [4.69, 9.17) is 13.1 Å². The third-order valence-corrected chi connectivity index (χ3v) is 11.4. The van der Waals surface area contributed by atoms with E-state index < -0.39 is 0 Å². The van der Waals surface area contributed by atoms with E-state index in [1.165, 1.54) is 27.2 Å². The molecule has 56 heavy (non-hydrogen) atoms. The Balaban J connectivity index is 1.07. The summed E-state index contributed by atoms with van der Waals surface area (Å²) in [5.41, 5.74) is 13.9. The van der Waals surface area contributed by atoms with Gasteiger partial charge in [-0.15, -0.1) is 0 Å². The van der Waals surface area contributed by atoms with Crippen LogP contribution in [0.5, 0.6) is 0 Å². The van der Waals surface area contributed by atoms with E-state index in [0.29, 0.717) is 11.4 Å². The predicted octanol–water partition coefficient (Wildman–Crippen LogP) is 14.1. The fourth-order valence-electron chi connectivity index (χ4n) is 9.07. The summed E-state index contributed by atoms with van der Waals surface area (Å²) in [6.07, 6.45) is 0. The Hall–Kier alpha value is -7.86. The maximum absolute atomic E-state index is 8.38. The van der Waals surface area contributed by atoms with E-state index in [9.17, 15) is 0 Å².